The Labute approximate surface area is 117 Å². The third-order valence-corrected chi connectivity index (χ3v) is 4.24. The lowest BCUT2D eigenvalue weighted by atomic mass is 10.2. The summed E-state index contributed by atoms with van der Waals surface area (Å²) in [6.07, 6.45) is 4.78. The highest BCUT2D eigenvalue weighted by molar-refractivity contribution is 7.07. The lowest BCUT2D eigenvalue weighted by Crippen LogP contribution is -2.47. The summed E-state index contributed by atoms with van der Waals surface area (Å²) in [7, 11) is 0. The van der Waals surface area contributed by atoms with Gasteiger partial charge >= 0.3 is 0 Å². The molecule has 0 aliphatic carbocycles. The van der Waals surface area contributed by atoms with Crippen LogP contribution in [0.5, 0.6) is 0 Å². The van der Waals surface area contributed by atoms with Crippen molar-refractivity contribution in [1.29, 1.82) is 0 Å². The Hall–Kier alpha value is -1.46. The van der Waals surface area contributed by atoms with E-state index in [0.29, 0.717) is 0 Å². The summed E-state index contributed by atoms with van der Waals surface area (Å²) in [5, 5.41) is 4.40. The first-order valence-corrected chi connectivity index (χ1v) is 7.61. The van der Waals surface area contributed by atoms with Gasteiger partial charge in [-0.25, -0.2) is 9.97 Å². The van der Waals surface area contributed by atoms with Crippen LogP contribution in [0.3, 0.4) is 0 Å². The van der Waals surface area contributed by atoms with E-state index in [1.54, 1.807) is 11.3 Å². The van der Waals surface area contributed by atoms with Gasteiger partial charge in [-0.05, 0) is 34.9 Å². The molecule has 2 aromatic heterocycles. The molecular weight excluding hydrogens is 256 g/mol. The zero-order chi connectivity index (χ0) is 12.9. The van der Waals surface area contributed by atoms with Crippen molar-refractivity contribution in [3.05, 3.63) is 40.8 Å². The Kier molecular flexibility index (Phi) is 4.05. The van der Waals surface area contributed by atoms with Crippen molar-refractivity contribution in [2.45, 2.75) is 6.42 Å². The smallest absolute Gasteiger partial charge is 0.225 e. The van der Waals surface area contributed by atoms with Crippen LogP contribution in [0.4, 0.5) is 5.95 Å². The monoisotopic (exact) mass is 274 g/mol. The second kappa shape index (κ2) is 6.12. The minimum atomic E-state index is 0.861. The summed E-state index contributed by atoms with van der Waals surface area (Å²) in [6, 6.07) is 4.08. The zero-order valence-corrected chi connectivity index (χ0v) is 11.7. The number of hydrogen-bond acceptors (Lipinski definition) is 5. The molecule has 0 spiro atoms. The molecule has 0 saturated carbocycles. The fourth-order valence-electron chi connectivity index (χ4n) is 2.35. The van der Waals surface area contributed by atoms with Gasteiger partial charge in [-0.3, -0.25) is 4.90 Å². The summed E-state index contributed by atoms with van der Waals surface area (Å²) >= 11 is 1.78. The molecule has 0 amide bonds. The molecule has 2 aromatic rings. The average molecular weight is 274 g/mol. The maximum absolute atomic E-state index is 4.31. The highest BCUT2D eigenvalue weighted by Gasteiger charge is 2.18. The van der Waals surface area contributed by atoms with Crippen molar-refractivity contribution in [1.82, 2.24) is 14.9 Å². The van der Waals surface area contributed by atoms with E-state index in [9.17, 15) is 0 Å². The van der Waals surface area contributed by atoms with Crippen LogP contribution in [0, 0.1) is 0 Å². The van der Waals surface area contributed by atoms with Crippen LogP contribution < -0.4 is 4.90 Å². The summed E-state index contributed by atoms with van der Waals surface area (Å²) in [6.45, 7) is 5.40. The van der Waals surface area contributed by atoms with E-state index in [1.165, 1.54) is 5.56 Å². The van der Waals surface area contributed by atoms with Crippen LogP contribution in [0.2, 0.25) is 0 Å². The first-order chi connectivity index (χ1) is 9.42. The van der Waals surface area contributed by atoms with Gasteiger partial charge in [-0.1, -0.05) is 0 Å². The molecular formula is C14H18N4S. The average Bonchev–Trinajstić information content (AvgIpc) is 3.00. The van der Waals surface area contributed by atoms with E-state index in [4.69, 9.17) is 0 Å². The largest absolute Gasteiger partial charge is 0.338 e. The highest BCUT2D eigenvalue weighted by atomic mass is 32.1. The number of piperazine rings is 1. The molecule has 0 aromatic carbocycles. The van der Waals surface area contributed by atoms with Crippen molar-refractivity contribution in [2.75, 3.05) is 37.6 Å². The highest BCUT2D eigenvalue weighted by Crippen LogP contribution is 2.11. The Bertz CT molecular complexity index is 477. The molecule has 1 aliphatic heterocycles. The molecule has 0 N–H and O–H groups in total. The van der Waals surface area contributed by atoms with Crippen molar-refractivity contribution in [3.63, 3.8) is 0 Å². The summed E-state index contributed by atoms with van der Waals surface area (Å²) in [5.41, 5.74) is 1.46. The van der Waals surface area contributed by atoms with Crippen molar-refractivity contribution in [3.8, 4) is 0 Å². The molecule has 3 rings (SSSR count). The Balaban J connectivity index is 1.47. The van der Waals surface area contributed by atoms with Crippen molar-refractivity contribution < 1.29 is 0 Å². The maximum atomic E-state index is 4.31. The van der Waals surface area contributed by atoms with E-state index >= 15 is 0 Å². The maximum Gasteiger partial charge on any atom is 0.225 e. The predicted molar refractivity (Wildman–Crippen MR) is 78.7 cm³/mol. The molecule has 100 valence electrons. The molecule has 0 bridgehead atoms. The van der Waals surface area contributed by atoms with Gasteiger partial charge in [0.05, 0.1) is 0 Å². The third-order valence-electron chi connectivity index (χ3n) is 3.50. The Morgan fingerprint density at radius 2 is 1.89 bits per heavy atom. The quantitative estimate of drug-likeness (QED) is 0.852. The van der Waals surface area contributed by atoms with Crippen molar-refractivity contribution in [2.24, 2.45) is 0 Å². The number of nitrogens with zero attached hydrogens (tertiary/aromatic N) is 4. The SMILES string of the molecule is c1cnc(N2CCN(CCc3ccsc3)CC2)nc1. The molecule has 5 heteroatoms. The minimum Gasteiger partial charge on any atom is -0.338 e. The zero-order valence-electron chi connectivity index (χ0n) is 10.9. The fourth-order valence-corrected chi connectivity index (χ4v) is 3.05. The predicted octanol–water partition coefficient (Wildman–Crippen LogP) is 1.90. The van der Waals surface area contributed by atoms with Crippen LogP contribution in [-0.2, 0) is 6.42 Å². The topological polar surface area (TPSA) is 32.3 Å². The molecule has 0 unspecified atom stereocenters. The van der Waals surface area contributed by atoms with Gasteiger partial charge in [-0.2, -0.15) is 11.3 Å². The molecule has 0 radical (unpaired) electrons. The molecule has 1 aliphatic rings. The second-order valence-electron chi connectivity index (χ2n) is 4.76. The summed E-state index contributed by atoms with van der Waals surface area (Å²) in [5.74, 6) is 0.861. The van der Waals surface area contributed by atoms with Crippen molar-refractivity contribution >= 4 is 17.3 Å². The molecule has 0 atom stereocenters. The van der Waals surface area contributed by atoms with Gasteiger partial charge < -0.3 is 4.90 Å². The summed E-state index contributed by atoms with van der Waals surface area (Å²) < 4.78 is 0. The second-order valence-corrected chi connectivity index (χ2v) is 5.54. The van der Waals surface area contributed by atoms with Gasteiger partial charge in [0.1, 0.15) is 0 Å². The number of thiophene rings is 1. The number of rotatable bonds is 4. The normalized spacial score (nSPS) is 16.7. The lowest BCUT2D eigenvalue weighted by molar-refractivity contribution is 0.260. The minimum absolute atomic E-state index is 0.861. The van der Waals surface area contributed by atoms with Crippen LogP contribution in [0.15, 0.2) is 35.3 Å². The summed E-state index contributed by atoms with van der Waals surface area (Å²) in [4.78, 5) is 13.4. The first kappa shape index (κ1) is 12.6. The standard InChI is InChI=1S/C14H18N4S/c1-4-15-14(16-5-1)18-9-7-17(8-10-18)6-2-13-3-11-19-12-13/h1,3-5,11-12H,2,6-10H2. The van der Waals surface area contributed by atoms with Gasteiger partial charge in [-0.15, -0.1) is 0 Å². The van der Waals surface area contributed by atoms with Gasteiger partial charge in [0, 0.05) is 45.1 Å². The van der Waals surface area contributed by atoms with Crippen LogP contribution in [0.1, 0.15) is 5.56 Å². The van der Waals surface area contributed by atoms with E-state index < -0.39 is 0 Å². The van der Waals surface area contributed by atoms with Gasteiger partial charge in [0.2, 0.25) is 5.95 Å². The van der Waals surface area contributed by atoms with Crippen LogP contribution in [-0.4, -0.2) is 47.6 Å². The number of aromatic nitrogens is 2. The van der Waals surface area contributed by atoms with Crippen LogP contribution >= 0.6 is 11.3 Å². The number of hydrogen-bond donors (Lipinski definition) is 0. The fraction of sp³-hybridized carbons (Fsp3) is 0.429. The van der Waals surface area contributed by atoms with E-state index in [0.717, 1.165) is 45.1 Å². The van der Waals surface area contributed by atoms with E-state index in [2.05, 4.69) is 36.6 Å². The van der Waals surface area contributed by atoms with E-state index in [1.807, 2.05) is 18.5 Å². The molecule has 3 heterocycles. The van der Waals surface area contributed by atoms with E-state index in [-0.39, 0.29) is 0 Å². The first-order valence-electron chi connectivity index (χ1n) is 6.67. The van der Waals surface area contributed by atoms with Crippen LogP contribution in [0.25, 0.3) is 0 Å². The molecule has 1 saturated heterocycles. The lowest BCUT2D eigenvalue weighted by Gasteiger charge is -2.34. The molecule has 1 fully saturated rings. The Morgan fingerprint density at radius 1 is 1.11 bits per heavy atom. The van der Waals surface area contributed by atoms with Gasteiger partial charge in [0.15, 0.2) is 0 Å². The Morgan fingerprint density at radius 3 is 2.58 bits per heavy atom. The van der Waals surface area contributed by atoms with Gasteiger partial charge in [0.25, 0.3) is 0 Å². The molecule has 19 heavy (non-hydrogen) atoms. The molecule has 4 nitrogen and oxygen atoms in total. The third kappa shape index (κ3) is 3.30. The number of anilines is 1.